The van der Waals surface area contributed by atoms with E-state index in [0.29, 0.717) is 19.0 Å². The second kappa shape index (κ2) is 11.0. The number of aliphatic hydroxyl groups excluding tert-OH is 1. The van der Waals surface area contributed by atoms with Crippen LogP contribution >= 0.6 is 24.0 Å². The van der Waals surface area contributed by atoms with Crippen LogP contribution in [0.25, 0.3) is 0 Å². The standard InChI is InChI=1S/C18H23FN4O.HI/c1-3-21-18(22-12-17(24)15-7-9-20-10-8-15)23(2)13-14-5-4-6-16(19)11-14;/h4-11,17,24H,3,12-13H2,1-2H3,(H,21,22);1H. The molecule has 0 bridgehead atoms. The van der Waals surface area contributed by atoms with Crippen LogP contribution in [-0.4, -0.2) is 41.1 Å². The van der Waals surface area contributed by atoms with Gasteiger partial charge in [-0.05, 0) is 42.3 Å². The molecule has 7 heteroatoms. The van der Waals surface area contributed by atoms with Crippen LogP contribution in [0.2, 0.25) is 0 Å². The quantitative estimate of drug-likeness (QED) is 0.397. The van der Waals surface area contributed by atoms with Gasteiger partial charge in [-0.15, -0.1) is 24.0 Å². The van der Waals surface area contributed by atoms with E-state index in [9.17, 15) is 9.50 Å². The van der Waals surface area contributed by atoms with Crippen LogP contribution < -0.4 is 5.32 Å². The van der Waals surface area contributed by atoms with Crippen LogP contribution in [0.5, 0.6) is 0 Å². The van der Waals surface area contributed by atoms with Crippen molar-refractivity contribution in [3.05, 3.63) is 65.7 Å². The molecule has 0 saturated carbocycles. The van der Waals surface area contributed by atoms with E-state index < -0.39 is 6.10 Å². The first-order valence-electron chi connectivity index (χ1n) is 7.92. The highest BCUT2D eigenvalue weighted by Gasteiger charge is 2.10. The lowest BCUT2D eigenvalue weighted by Gasteiger charge is -2.22. The van der Waals surface area contributed by atoms with Gasteiger partial charge in [-0.1, -0.05) is 12.1 Å². The van der Waals surface area contributed by atoms with E-state index in [1.54, 1.807) is 30.6 Å². The predicted octanol–water partition coefficient (Wildman–Crippen LogP) is 2.97. The fourth-order valence-corrected chi connectivity index (χ4v) is 2.32. The maximum absolute atomic E-state index is 13.3. The van der Waals surface area contributed by atoms with Crippen molar-refractivity contribution in [2.75, 3.05) is 20.1 Å². The van der Waals surface area contributed by atoms with E-state index in [0.717, 1.165) is 11.1 Å². The summed E-state index contributed by atoms with van der Waals surface area (Å²) in [4.78, 5) is 10.3. The smallest absolute Gasteiger partial charge is 0.194 e. The summed E-state index contributed by atoms with van der Waals surface area (Å²) < 4.78 is 13.3. The number of benzene rings is 1. The molecule has 1 aromatic heterocycles. The monoisotopic (exact) mass is 458 g/mol. The Balaban J connectivity index is 0.00000312. The second-order valence-electron chi connectivity index (χ2n) is 5.48. The van der Waals surface area contributed by atoms with Gasteiger partial charge >= 0.3 is 0 Å². The number of aliphatic hydroxyl groups is 1. The third-order valence-electron chi connectivity index (χ3n) is 3.51. The first-order chi connectivity index (χ1) is 11.6. The van der Waals surface area contributed by atoms with E-state index in [2.05, 4.69) is 15.3 Å². The highest BCUT2D eigenvalue weighted by atomic mass is 127. The minimum Gasteiger partial charge on any atom is -0.386 e. The Morgan fingerprint density at radius 2 is 2.04 bits per heavy atom. The summed E-state index contributed by atoms with van der Waals surface area (Å²) in [6.45, 7) is 3.44. The van der Waals surface area contributed by atoms with Crippen LogP contribution in [0.15, 0.2) is 53.8 Å². The molecular formula is C18H24FIN4O. The number of rotatable bonds is 6. The number of nitrogens with zero attached hydrogens (tertiary/aromatic N) is 3. The van der Waals surface area contributed by atoms with E-state index >= 15 is 0 Å². The molecular weight excluding hydrogens is 434 g/mol. The Morgan fingerprint density at radius 3 is 2.68 bits per heavy atom. The fraction of sp³-hybridized carbons (Fsp3) is 0.333. The van der Waals surface area contributed by atoms with Gasteiger partial charge in [0.1, 0.15) is 5.82 Å². The number of nitrogens with one attached hydrogen (secondary N) is 1. The zero-order valence-electron chi connectivity index (χ0n) is 14.4. The van der Waals surface area contributed by atoms with Gasteiger partial charge in [0.2, 0.25) is 0 Å². The molecule has 1 heterocycles. The molecule has 0 saturated heterocycles. The third kappa shape index (κ3) is 6.95. The number of pyridine rings is 1. The van der Waals surface area contributed by atoms with Gasteiger partial charge in [0.25, 0.3) is 0 Å². The minimum absolute atomic E-state index is 0. The topological polar surface area (TPSA) is 60.8 Å². The molecule has 2 aromatic rings. The maximum Gasteiger partial charge on any atom is 0.194 e. The third-order valence-corrected chi connectivity index (χ3v) is 3.51. The van der Waals surface area contributed by atoms with Crippen molar-refractivity contribution in [3.8, 4) is 0 Å². The van der Waals surface area contributed by atoms with Gasteiger partial charge in [-0.25, -0.2) is 4.39 Å². The maximum atomic E-state index is 13.3. The van der Waals surface area contributed by atoms with Crippen molar-refractivity contribution < 1.29 is 9.50 Å². The number of aromatic nitrogens is 1. The van der Waals surface area contributed by atoms with Crippen LogP contribution in [-0.2, 0) is 6.54 Å². The minimum atomic E-state index is -0.691. The predicted molar refractivity (Wildman–Crippen MR) is 108 cm³/mol. The Bertz CT molecular complexity index is 669. The number of aliphatic imine (C=N–C) groups is 1. The average Bonchev–Trinajstić information content (AvgIpc) is 2.59. The highest BCUT2D eigenvalue weighted by molar-refractivity contribution is 14.0. The summed E-state index contributed by atoms with van der Waals surface area (Å²) in [7, 11) is 1.88. The van der Waals surface area contributed by atoms with Crippen molar-refractivity contribution in [1.29, 1.82) is 0 Å². The summed E-state index contributed by atoms with van der Waals surface area (Å²) in [6, 6.07) is 10.0. The van der Waals surface area contributed by atoms with Gasteiger partial charge in [0.15, 0.2) is 5.96 Å². The summed E-state index contributed by atoms with van der Waals surface area (Å²) >= 11 is 0. The van der Waals surface area contributed by atoms with Crippen molar-refractivity contribution in [1.82, 2.24) is 15.2 Å². The highest BCUT2D eigenvalue weighted by Crippen LogP contribution is 2.12. The van der Waals surface area contributed by atoms with Crippen LogP contribution in [0.3, 0.4) is 0 Å². The molecule has 2 N–H and O–H groups in total. The van der Waals surface area contributed by atoms with E-state index in [1.165, 1.54) is 12.1 Å². The molecule has 0 fully saturated rings. The molecule has 136 valence electrons. The first kappa shape index (κ1) is 21.3. The van der Waals surface area contributed by atoms with E-state index in [-0.39, 0.29) is 36.3 Å². The van der Waals surface area contributed by atoms with Gasteiger partial charge < -0.3 is 15.3 Å². The molecule has 25 heavy (non-hydrogen) atoms. The van der Waals surface area contributed by atoms with Gasteiger partial charge in [0.05, 0.1) is 12.6 Å². The molecule has 1 atom stereocenters. The molecule has 0 aliphatic rings. The van der Waals surface area contributed by atoms with Crippen LogP contribution in [0.4, 0.5) is 4.39 Å². The number of guanidine groups is 1. The Labute approximate surface area is 165 Å². The van der Waals surface area contributed by atoms with Crippen molar-refractivity contribution in [2.24, 2.45) is 4.99 Å². The first-order valence-corrected chi connectivity index (χ1v) is 7.92. The zero-order chi connectivity index (χ0) is 17.4. The van der Waals surface area contributed by atoms with Crippen LogP contribution in [0, 0.1) is 5.82 Å². The van der Waals surface area contributed by atoms with Crippen molar-refractivity contribution in [3.63, 3.8) is 0 Å². The number of hydrogen-bond donors (Lipinski definition) is 2. The lowest BCUT2D eigenvalue weighted by Crippen LogP contribution is -2.38. The Hall–Kier alpha value is -1.74. The van der Waals surface area contributed by atoms with Gasteiger partial charge in [-0.3, -0.25) is 9.98 Å². The molecule has 2 rings (SSSR count). The molecule has 0 amide bonds. The molecule has 0 radical (unpaired) electrons. The summed E-state index contributed by atoms with van der Waals surface area (Å²) in [5.41, 5.74) is 1.63. The lowest BCUT2D eigenvalue weighted by atomic mass is 10.1. The van der Waals surface area contributed by atoms with Crippen LogP contribution in [0.1, 0.15) is 24.2 Å². The fourth-order valence-electron chi connectivity index (χ4n) is 2.32. The second-order valence-corrected chi connectivity index (χ2v) is 5.48. The van der Waals surface area contributed by atoms with E-state index in [1.807, 2.05) is 24.9 Å². The molecule has 1 unspecified atom stereocenters. The SMILES string of the molecule is CCNC(=NCC(O)c1ccncc1)N(C)Cc1cccc(F)c1.I. The van der Waals surface area contributed by atoms with E-state index in [4.69, 9.17) is 0 Å². The largest absolute Gasteiger partial charge is 0.386 e. The number of halogens is 2. The molecule has 5 nitrogen and oxygen atoms in total. The van der Waals surface area contributed by atoms with Gasteiger partial charge in [0, 0.05) is 32.5 Å². The molecule has 0 aliphatic carbocycles. The molecule has 1 aromatic carbocycles. The zero-order valence-corrected chi connectivity index (χ0v) is 16.7. The van der Waals surface area contributed by atoms with Gasteiger partial charge in [-0.2, -0.15) is 0 Å². The molecule has 0 spiro atoms. The van der Waals surface area contributed by atoms with Crippen molar-refractivity contribution >= 4 is 29.9 Å². The summed E-state index contributed by atoms with van der Waals surface area (Å²) in [6.07, 6.45) is 2.59. The summed E-state index contributed by atoms with van der Waals surface area (Å²) in [5, 5.41) is 13.4. The Kier molecular flexibility index (Phi) is 9.36. The average molecular weight is 458 g/mol. The van der Waals surface area contributed by atoms with Crippen molar-refractivity contribution in [2.45, 2.75) is 19.6 Å². The lowest BCUT2D eigenvalue weighted by molar-refractivity contribution is 0.186. The molecule has 0 aliphatic heterocycles. The summed E-state index contributed by atoms with van der Waals surface area (Å²) in [5.74, 6) is 0.408. The normalized spacial score (nSPS) is 12.2. The number of hydrogen-bond acceptors (Lipinski definition) is 3. The Morgan fingerprint density at radius 1 is 1.32 bits per heavy atom.